The molecule has 0 aliphatic carbocycles. The smallest absolute Gasteiger partial charge is 0.149 e. The van der Waals surface area contributed by atoms with Gasteiger partial charge in [0.2, 0.25) is 0 Å². The van der Waals surface area contributed by atoms with Crippen molar-refractivity contribution in [2.24, 2.45) is 0 Å². The number of fused-ring (bicyclic) bond motifs is 8. The molecule has 1 aliphatic heterocycles. The molecule has 1 aliphatic rings. The zero-order valence-electron chi connectivity index (χ0n) is 36.4. The molecule has 0 spiro atoms. The molecule has 0 amide bonds. The minimum atomic E-state index is 0. The molecular formula is C58H34N10Ni. The fourth-order valence-corrected chi connectivity index (χ4v) is 8.03. The van der Waals surface area contributed by atoms with Crippen LogP contribution in [-0.4, -0.2) is 9.97 Å². The normalized spacial score (nSPS) is 11.2. The van der Waals surface area contributed by atoms with Crippen LogP contribution in [-0.2, 0) is 16.5 Å². The van der Waals surface area contributed by atoms with Crippen molar-refractivity contribution in [3.05, 3.63) is 321 Å². The van der Waals surface area contributed by atoms with Gasteiger partial charge in [-0.2, -0.15) is 21.0 Å². The molecule has 8 bridgehead atoms. The van der Waals surface area contributed by atoms with Crippen LogP contribution in [0.4, 0.5) is 0 Å². The maximum absolute atomic E-state index is 10.8. The minimum absolute atomic E-state index is 0. The van der Waals surface area contributed by atoms with Gasteiger partial charge >= 0.3 is 0 Å². The molecular weight excluding hydrogens is 895 g/mol. The van der Waals surface area contributed by atoms with Crippen LogP contribution in [0.15, 0.2) is 207 Å². The summed E-state index contributed by atoms with van der Waals surface area (Å²) in [7, 11) is 0. The maximum Gasteiger partial charge on any atom is 0.149 e. The molecule has 0 atom stereocenters. The van der Waals surface area contributed by atoms with Gasteiger partial charge in [-0.05, 0) is 143 Å². The minimum Gasteiger partial charge on any atom is -0.628 e. The summed E-state index contributed by atoms with van der Waals surface area (Å²) < 4.78 is 0. The predicted octanol–water partition coefficient (Wildman–Crippen LogP) is 9.55. The SMILES string of the molecule is N#Cc1c2[n-]c(c1C#N)[C+](c1ccccc1)c1ccc([n-]1)[C+](c1ccccc1)c1[n-]c(c(C#N)c1C#N)[C+](c1ccccc1)c1ccc([n-]1)[C+]2c1ccccc1.[Ni].c1ccncc1.c1ccncc1. The van der Waals surface area contributed by atoms with Gasteiger partial charge in [0, 0.05) is 138 Å². The van der Waals surface area contributed by atoms with Crippen molar-refractivity contribution in [3.8, 4) is 24.3 Å². The van der Waals surface area contributed by atoms with Crippen molar-refractivity contribution in [3.63, 3.8) is 0 Å². The number of benzene rings is 4. The van der Waals surface area contributed by atoms with E-state index in [-0.39, 0.29) is 38.7 Å². The Hall–Kier alpha value is -9.77. The molecule has 10 nitrogen and oxygen atoms in total. The molecule has 7 heterocycles. The molecule has 0 unspecified atom stereocenters. The van der Waals surface area contributed by atoms with Crippen LogP contribution in [0.3, 0.4) is 0 Å². The standard InChI is InChI=1S/C48H24N8.2C5H5N.Ni/c49-25-33-34(26-50)46-43(31-17-9-3-10-18-31)39-23-24-40(54-39)44(32-19-11-4-12-20-32)48-36(28-52)35(27-51)47(56-48)42(30-15-7-2-8-16-30)38-22-21-37(53-38)41(45(33)55-46)29-13-5-1-6-14-29;2*1-2-4-6-5-3-1;/h1-24H;2*1-5H;. The molecule has 0 saturated carbocycles. The molecule has 4 aromatic carbocycles. The quantitative estimate of drug-likeness (QED) is 0.122. The van der Waals surface area contributed by atoms with E-state index >= 15 is 0 Å². The van der Waals surface area contributed by atoms with E-state index in [1.54, 1.807) is 24.8 Å². The summed E-state index contributed by atoms with van der Waals surface area (Å²) in [5, 5.41) is 43.2. The van der Waals surface area contributed by atoms with Gasteiger partial charge in [-0.3, -0.25) is 9.97 Å². The van der Waals surface area contributed by atoms with Crippen molar-refractivity contribution >= 4 is 0 Å². The number of nitrogens with zero attached hydrogens (tertiary/aromatic N) is 10. The van der Waals surface area contributed by atoms with Crippen molar-refractivity contribution in [2.45, 2.75) is 0 Å². The van der Waals surface area contributed by atoms with Crippen LogP contribution in [0.2, 0.25) is 0 Å². The van der Waals surface area contributed by atoms with E-state index in [1.165, 1.54) is 0 Å². The summed E-state index contributed by atoms with van der Waals surface area (Å²) in [6.45, 7) is 0. The second-order valence-electron chi connectivity index (χ2n) is 15.0. The first kappa shape index (κ1) is 45.8. The summed E-state index contributed by atoms with van der Waals surface area (Å²) in [5.41, 5.74) is 6.61. The first-order valence-electron chi connectivity index (χ1n) is 21.3. The molecule has 11 rings (SSSR count). The van der Waals surface area contributed by atoms with Crippen LogP contribution < -0.4 is 19.9 Å². The molecule has 0 radical (unpaired) electrons. The predicted molar refractivity (Wildman–Crippen MR) is 254 cm³/mol. The molecule has 11 heteroatoms. The van der Waals surface area contributed by atoms with Gasteiger partial charge in [0.05, 0.1) is 22.3 Å². The third-order valence-electron chi connectivity index (χ3n) is 11.0. The summed E-state index contributed by atoms with van der Waals surface area (Å²) >= 11 is 0. The van der Waals surface area contributed by atoms with E-state index in [1.807, 2.05) is 182 Å². The number of rotatable bonds is 4. The Morgan fingerprint density at radius 3 is 0.681 bits per heavy atom. The van der Waals surface area contributed by atoms with Crippen LogP contribution in [0.5, 0.6) is 0 Å². The first-order chi connectivity index (χ1) is 33.6. The average molecular weight is 930 g/mol. The molecule has 0 fully saturated rings. The molecule has 69 heavy (non-hydrogen) atoms. The number of hydrogen-bond acceptors (Lipinski definition) is 6. The largest absolute Gasteiger partial charge is 0.628 e. The number of pyridine rings is 2. The van der Waals surface area contributed by atoms with Gasteiger partial charge in [-0.1, -0.05) is 12.1 Å². The van der Waals surface area contributed by atoms with E-state index in [4.69, 9.17) is 19.9 Å². The Bertz CT molecular complexity index is 2930. The summed E-state index contributed by atoms with van der Waals surface area (Å²) in [5.74, 6) is 2.20. The Labute approximate surface area is 410 Å². The Morgan fingerprint density at radius 2 is 0.507 bits per heavy atom. The van der Waals surface area contributed by atoms with Crippen LogP contribution in [0.25, 0.3) is 0 Å². The molecule has 0 saturated heterocycles. The van der Waals surface area contributed by atoms with E-state index in [9.17, 15) is 21.0 Å². The van der Waals surface area contributed by atoms with Crippen molar-refractivity contribution < 1.29 is 16.5 Å². The summed E-state index contributed by atoms with van der Waals surface area (Å²) in [6, 6.07) is 66.1. The number of hydrogen-bond donors (Lipinski definition) is 0. The van der Waals surface area contributed by atoms with Gasteiger partial charge < -0.3 is 19.9 Å². The van der Waals surface area contributed by atoms with Gasteiger partial charge in [0.1, 0.15) is 46.5 Å². The monoisotopic (exact) mass is 928 g/mol. The Kier molecular flexibility index (Phi) is 14.3. The van der Waals surface area contributed by atoms with Crippen LogP contribution in [0.1, 0.15) is 90.1 Å². The summed E-state index contributed by atoms with van der Waals surface area (Å²) in [6.07, 6.45) is 7.00. The fraction of sp³-hybridized carbons (Fsp3) is 0. The van der Waals surface area contributed by atoms with Crippen molar-refractivity contribution in [1.29, 1.82) is 21.0 Å². The topological polar surface area (TPSA) is 177 Å². The third kappa shape index (κ3) is 9.36. The fourth-order valence-electron chi connectivity index (χ4n) is 8.03. The second kappa shape index (κ2) is 21.5. The van der Waals surface area contributed by atoms with Gasteiger partial charge in [0.25, 0.3) is 0 Å². The first-order valence-corrected chi connectivity index (χ1v) is 21.3. The molecule has 326 valence electrons. The Balaban J connectivity index is 0.000000432. The van der Waals surface area contributed by atoms with Gasteiger partial charge in [0.15, 0.2) is 0 Å². The van der Waals surface area contributed by atoms with Crippen molar-refractivity contribution in [2.75, 3.05) is 0 Å². The second-order valence-corrected chi connectivity index (χ2v) is 15.0. The molecule has 0 N–H and O–H groups in total. The van der Waals surface area contributed by atoms with E-state index in [0.717, 1.165) is 22.3 Å². The Morgan fingerprint density at radius 1 is 0.290 bits per heavy atom. The molecule has 10 aromatic rings. The van der Waals surface area contributed by atoms with E-state index in [2.05, 4.69) is 34.2 Å². The van der Waals surface area contributed by atoms with Gasteiger partial charge in [-0.25, -0.2) is 0 Å². The van der Waals surface area contributed by atoms with Crippen LogP contribution >= 0.6 is 0 Å². The number of nitriles is 4. The average Bonchev–Trinajstić information content (AvgIpc) is 4.24. The van der Waals surface area contributed by atoms with Crippen molar-refractivity contribution in [1.82, 2.24) is 29.9 Å². The summed E-state index contributed by atoms with van der Waals surface area (Å²) in [4.78, 5) is 28.3. The van der Waals surface area contributed by atoms with Gasteiger partial charge in [-0.15, -0.1) is 0 Å². The zero-order valence-corrected chi connectivity index (χ0v) is 37.4. The molecule has 6 aromatic heterocycles. The number of aromatic nitrogens is 6. The van der Waals surface area contributed by atoms with E-state index < -0.39 is 0 Å². The zero-order chi connectivity index (χ0) is 46.7. The van der Waals surface area contributed by atoms with E-state index in [0.29, 0.717) is 69.2 Å². The third-order valence-corrected chi connectivity index (χ3v) is 11.0. The maximum atomic E-state index is 10.8. The van der Waals surface area contributed by atoms with Crippen LogP contribution in [0, 0.1) is 69.0 Å².